The van der Waals surface area contributed by atoms with Gasteiger partial charge in [-0.15, -0.1) is 11.6 Å². The zero-order valence-electron chi connectivity index (χ0n) is 9.46. The second-order valence-electron chi connectivity index (χ2n) is 4.76. The van der Waals surface area contributed by atoms with E-state index in [1.807, 2.05) is 12.1 Å². The van der Waals surface area contributed by atoms with Crippen LogP contribution in [0.3, 0.4) is 0 Å². The van der Waals surface area contributed by atoms with E-state index >= 15 is 0 Å². The first-order chi connectivity index (χ1) is 7.81. The predicted molar refractivity (Wildman–Crippen MR) is 71.5 cm³/mol. The van der Waals surface area contributed by atoms with Gasteiger partial charge in [0.2, 0.25) is 0 Å². The lowest BCUT2D eigenvalue weighted by Gasteiger charge is -2.19. The first-order valence-corrected chi connectivity index (χ1v) is 7.03. The minimum Gasteiger partial charge on any atom is -0.126 e. The summed E-state index contributed by atoms with van der Waals surface area (Å²) in [7, 11) is 0. The maximum Gasteiger partial charge on any atom is 0.0441 e. The SMILES string of the molecule is ClCC(CC1CCCC1)c1ccccc1Cl. The zero-order valence-corrected chi connectivity index (χ0v) is 11.0. The Bertz CT molecular complexity index is 329. The topological polar surface area (TPSA) is 0 Å². The standard InChI is InChI=1S/C14H18Cl2/c15-10-12(9-11-5-1-2-6-11)13-7-3-4-8-14(13)16/h3-4,7-8,11-12H,1-2,5-6,9-10H2. The molecule has 0 amide bonds. The first kappa shape index (κ1) is 12.3. The van der Waals surface area contributed by atoms with Crippen molar-refractivity contribution in [2.24, 2.45) is 5.92 Å². The summed E-state index contributed by atoms with van der Waals surface area (Å²) in [5, 5.41) is 0.867. The molecule has 0 N–H and O–H groups in total. The van der Waals surface area contributed by atoms with Crippen LogP contribution in [0.15, 0.2) is 24.3 Å². The predicted octanol–water partition coefficient (Wildman–Crippen LogP) is 5.24. The second kappa shape index (κ2) is 5.93. The Kier molecular flexibility index (Phi) is 4.55. The number of alkyl halides is 1. The molecule has 0 saturated heterocycles. The van der Waals surface area contributed by atoms with Crippen molar-refractivity contribution in [2.45, 2.75) is 38.0 Å². The summed E-state index contributed by atoms with van der Waals surface area (Å²) < 4.78 is 0. The molecule has 0 aliphatic heterocycles. The molecule has 88 valence electrons. The maximum absolute atomic E-state index is 6.22. The number of hydrogen-bond acceptors (Lipinski definition) is 0. The van der Waals surface area contributed by atoms with Gasteiger partial charge in [-0.3, -0.25) is 0 Å². The van der Waals surface area contributed by atoms with Crippen LogP contribution in [0.4, 0.5) is 0 Å². The van der Waals surface area contributed by atoms with E-state index in [4.69, 9.17) is 23.2 Å². The van der Waals surface area contributed by atoms with Crippen molar-refractivity contribution >= 4 is 23.2 Å². The normalized spacial score (nSPS) is 18.9. The van der Waals surface area contributed by atoms with E-state index in [9.17, 15) is 0 Å². The molecule has 1 aromatic rings. The fraction of sp³-hybridized carbons (Fsp3) is 0.571. The number of hydrogen-bond donors (Lipinski definition) is 0. The third kappa shape index (κ3) is 2.93. The van der Waals surface area contributed by atoms with Crippen LogP contribution in [0.5, 0.6) is 0 Å². The Morgan fingerprint density at radius 3 is 2.50 bits per heavy atom. The van der Waals surface area contributed by atoms with Crippen molar-refractivity contribution < 1.29 is 0 Å². The third-order valence-electron chi connectivity index (χ3n) is 3.62. The average molecular weight is 257 g/mol. The van der Waals surface area contributed by atoms with Gasteiger partial charge in [0.25, 0.3) is 0 Å². The molecule has 1 saturated carbocycles. The Morgan fingerprint density at radius 1 is 1.19 bits per heavy atom. The Balaban J connectivity index is 2.06. The molecule has 1 fully saturated rings. The van der Waals surface area contributed by atoms with Crippen molar-refractivity contribution in [3.8, 4) is 0 Å². The number of halogens is 2. The van der Waals surface area contributed by atoms with Gasteiger partial charge in [0.1, 0.15) is 0 Å². The fourth-order valence-electron chi connectivity index (χ4n) is 2.73. The molecular formula is C14H18Cl2. The van der Waals surface area contributed by atoms with E-state index < -0.39 is 0 Å². The molecule has 1 aromatic carbocycles. The van der Waals surface area contributed by atoms with E-state index in [0.29, 0.717) is 11.8 Å². The van der Waals surface area contributed by atoms with Gasteiger partial charge in [-0.2, -0.15) is 0 Å². The highest BCUT2D eigenvalue weighted by molar-refractivity contribution is 6.31. The van der Waals surface area contributed by atoms with Gasteiger partial charge >= 0.3 is 0 Å². The van der Waals surface area contributed by atoms with Crippen molar-refractivity contribution in [3.63, 3.8) is 0 Å². The quantitative estimate of drug-likeness (QED) is 0.647. The fourth-order valence-corrected chi connectivity index (χ4v) is 3.31. The van der Waals surface area contributed by atoms with E-state index in [1.165, 1.54) is 37.7 Å². The molecule has 1 aliphatic carbocycles. The zero-order chi connectivity index (χ0) is 11.4. The molecule has 0 spiro atoms. The van der Waals surface area contributed by atoms with Gasteiger partial charge in [0.05, 0.1) is 0 Å². The van der Waals surface area contributed by atoms with Gasteiger partial charge in [-0.1, -0.05) is 55.5 Å². The van der Waals surface area contributed by atoms with Gasteiger partial charge in [-0.05, 0) is 29.9 Å². The molecule has 0 radical (unpaired) electrons. The summed E-state index contributed by atoms with van der Waals surface area (Å²) in [5.74, 6) is 1.97. The summed E-state index contributed by atoms with van der Waals surface area (Å²) >= 11 is 12.3. The molecule has 1 aliphatic rings. The molecule has 0 heterocycles. The first-order valence-electron chi connectivity index (χ1n) is 6.11. The van der Waals surface area contributed by atoms with E-state index in [0.717, 1.165) is 10.9 Å². The summed E-state index contributed by atoms with van der Waals surface area (Å²) in [6.45, 7) is 0. The van der Waals surface area contributed by atoms with Crippen LogP contribution in [-0.2, 0) is 0 Å². The van der Waals surface area contributed by atoms with Crippen LogP contribution in [0, 0.1) is 5.92 Å². The minimum atomic E-state index is 0.429. The Hall–Kier alpha value is -0.200. The molecule has 1 unspecified atom stereocenters. The van der Waals surface area contributed by atoms with Crippen molar-refractivity contribution in [1.29, 1.82) is 0 Å². The van der Waals surface area contributed by atoms with Gasteiger partial charge in [0.15, 0.2) is 0 Å². The molecule has 16 heavy (non-hydrogen) atoms. The van der Waals surface area contributed by atoms with E-state index in [-0.39, 0.29) is 0 Å². The van der Waals surface area contributed by atoms with Crippen molar-refractivity contribution in [2.75, 3.05) is 5.88 Å². The summed E-state index contributed by atoms with van der Waals surface area (Å²) in [5.41, 5.74) is 1.23. The molecule has 0 bridgehead atoms. The lowest BCUT2D eigenvalue weighted by molar-refractivity contribution is 0.462. The lowest BCUT2D eigenvalue weighted by atomic mass is 9.89. The average Bonchev–Trinajstić information content (AvgIpc) is 2.80. The number of benzene rings is 1. The smallest absolute Gasteiger partial charge is 0.0441 e. The van der Waals surface area contributed by atoms with Crippen LogP contribution in [-0.4, -0.2) is 5.88 Å². The van der Waals surface area contributed by atoms with Crippen LogP contribution in [0.2, 0.25) is 5.02 Å². The maximum atomic E-state index is 6.22. The van der Waals surface area contributed by atoms with Gasteiger partial charge in [0, 0.05) is 10.9 Å². The van der Waals surface area contributed by atoms with Crippen LogP contribution < -0.4 is 0 Å². The third-order valence-corrected chi connectivity index (χ3v) is 4.34. The molecule has 2 rings (SSSR count). The highest BCUT2D eigenvalue weighted by Gasteiger charge is 2.21. The monoisotopic (exact) mass is 256 g/mol. The van der Waals surface area contributed by atoms with Crippen molar-refractivity contribution in [1.82, 2.24) is 0 Å². The largest absolute Gasteiger partial charge is 0.126 e. The van der Waals surface area contributed by atoms with Crippen LogP contribution >= 0.6 is 23.2 Å². The molecule has 0 aromatic heterocycles. The van der Waals surface area contributed by atoms with Crippen molar-refractivity contribution in [3.05, 3.63) is 34.9 Å². The number of rotatable bonds is 4. The second-order valence-corrected chi connectivity index (χ2v) is 5.47. The van der Waals surface area contributed by atoms with Crippen LogP contribution in [0.1, 0.15) is 43.6 Å². The molecule has 2 heteroatoms. The molecule has 1 atom stereocenters. The van der Waals surface area contributed by atoms with E-state index in [2.05, 4.69) is 12.1 Å². The highest BCUT2D eigenvalue weighted by atomic mass is 35.5. The Labute approximate surface area is 108 Å². The van der Waals surface area contributed by atoms with Gasteiger partial charge in [-0.25, -0.2) is 0 Å². The van der Waals surface area contributed by atoms with Gasteiger partial charge < -0.3 is 0 Å². The minimum absolute atomic E-state index is 0.429. The lowest BCUT2D eigenvalue weighted by Crippen LogP contribution is -2.07. The molecule has 0 nitrogen and oxygen atoms in total. The van der Waals surface area contributed by atoms with E-state index in [1.54, 1.807) is 0 Å². The highest BCUT2D eigenvalue weighted by Crippen LogP contribution is 2.36. The summed E-state index contributed by atoms with van der Waals surface area (Å²) in [6, 6.07) is 8.11. The summed E-state index contributed by atoms with van der Waals surface area (Å²) in [6.07, 6.45) is 6.73. The summed E-state index contributed by atoms with van der Waals surface area (Å²) in [4.78, 5) is 0. The molecular weight excluding hydrogens is 239 g/mol. The van der Waals surface area contributed by atoms with Crippen LogP contribution in [0.25, 0.3) is 0 Å². The Morgan fingerprint density at radius 2 is 1.88 bits per heavy atom.